The van der Waals surface area contributed by atoms with E-state index >= 15 is 0 Å². The number of rotatable bonds is 76. The highest BCUT2D eigenvalue weighted by atomic mass is 31.2. The lowest BCUT2D eigenvalue weighted by atomic mass is 10.0. The molecule has 0 saturated carbocycles. The number of hydrogen-bond donors (Lipinski definition) is 3. The molecule has 0 aliphatic carbocycles. The standard InChI is InChI=1S/C77H150O17P2/c1-7-9-11-13-15-17-19-21-23-24-25-26-28-30-32-37-41-49-55-61-76(81)93-72(65-87-74(79)59-53-47-40-36-31-29-27-22-20-18-16-14-12-10-8-2)67-91-95(83,84)89-63-71(78)64-90-96(85,86)92-68-73(66-88-75(80)60-54-48-44-43-46-52-58-70(5)6)94-77(82)62-56-50-42-38-34-33-35-39-45-51-57-69(3)4/h69-73,78H,7-68H2,1-6H3,(H,83,84)(H,85,86)/t71-,72-,73-/m1/s1. The van der Waals surface area contributed by atoms with Gasteiger partial charge in [0.25, 0.3) is 0 Å². The molecule has 0 aliphatic heterocycles. The van der Waals surface area contributed by atoms with Gasteiger partial charge in [0.2, 0.25) is 0 Å². The van der Waals surface area contributed by atoms with Crippen molar-refractivity contribution in [2.75, 3.05) is 39.6 Å². The molecule has 0 rings (SSSR count). The molecule has 0 spiro atoms. The van der Waals surface area contributed by atoms with Crippen LogP contribution in [0, 0.1) is 11.8 Å². The number of unbranched alkanes of at least 4 members (excludes halogenated alkanes) is 46. The highest BCUT2D eigenvalue weighted by Gasteiger charge is 2.30. The summed E-state index contributed by atoms with van der Waals surface area (Å²) < 4.78 is 68.5. The number of carbonyl (C=O) groups excluding carboxylic acids is 4. The minimum Gasteiger partial charge on any atom is -0.462 e. The van der Waals surface area contributed by atoms with Gasteiger partial charge in [0.15, 0.2) is 12.2 Å². The zero-order chi connectivity index (χ0) is 70.7. The molecule has 0 radical (unpaired) electrons. The van der Waals surface area contributed by atoms with Crippen LogP contribution in [-0.2, 0) is 65.4 Å². The molecule has 0 saturated heterocycles. The maximum atomic E-state index is 13.1. The normalized spacial score (nSPS) is 14.0. The molecule has 19 heteroatoms. The molecule has 2 unspecified atom stereocenters. The summed E-state index contributed by atoms with van der Waals surface area (Å²) in [6.07, 6.45) is 57.1. The Morgan fingerprint density at radius 2 is 0.479 bits per heavy atom. The van der Waals surface area contributed by atoms with Crippen molar-refractivity contribution in [2.24, 2.45) is 11.8 Å². The summed E-state index contributed by atoms with van der Waals surface area (Å²) in [5.74, 6) is -0.685. The first-order valence-corrected chi connectivity index (χ1v) is 43.0. The molecular weight excluding hydrogens is 1260 g/mol. The monoisotopic (exact) mass is 1410 g/mol. The van der Waals surface area contributed by atoms with Crippen LogP contribution in [0.25, 0.3) is 0 Å². The molecule has 5 atom stereocenters. The van der Waals surface area contributed by atoms with Gasteiger partial charge >= 0.3 is 39.5 Å². The van der Waals surface area contributed by atoms with Crippen molar-refractivity contribution in [1.82, 2.24) is 0 Å². The quantitative estimate of drug-likeness (QED) is 0.0222. The van der Waals surface area contributed by atoms with Crippen molar-refractivity contribution >= 4 is 39.5 Å². The van der Waals surface area contributed by atoms with Crippen LogP contribution in [0.15, 0.2) is 0 Å². The molecule has 0 heterocycles. The van der Waals surface area contributed by atoms with Gasteiger partial charge in [-0.05, 0) is 37.5 Å². The van der Waals surface area contributed by atoms with Crippen LogP contribution in [0.4, 0.5) is 0 Å². The zero-order valence-electron chi connectivity index (χ0n) is 62.7. The lowest BCUT2D eigenvalue weighted by Crippen LogP contribution is -2.30. The Labute approximate surface area is 588 Å². The fourth-order valence-corrected chi connectivity index (χ4v) is 13.4. The van der Waals surface area contributed by atoms with Crippen LogP contribution < -0.4 is 0 Å². The average molecular weight is 1410 g/mol. The fraction of sp³-hybridized carbons (Fsp3) is 0.948. The Morgan fingerprint density at radius 3 is 0.708 bits per heavy atom. The van der Waals surface area contributed by atoms with Gasteiger partial charge < -0.3 is 33.8 Å². The number of hydrogen-bond acceptors (Lipinski definition) is 15. The van der Waals surface area contributed by atoms with Gasteiger partial charge in [-0.1, -0.05) is 350 Å². The van der Waals surface area contributed by atoms with E-state index in [1.807, 2.05) is 0 Å². The van der Waals surface area contributed by atoms with Crippen LogP contribution in [-0.4, -0.2) is 96.7 Å². The van der Waals surface area contributed by atoms with E-state index in [4.69, 9.17) is 37.0 Å². The predicted molar refractivity (Wildman–Crippen MR) is 391 cm³/mol. The number of carbonyl (C=O) groups is 4. The third kappa shape index (κ3) is 70.5. The van der Waals surface area contributed by atoms with E-state index in [0.717, 1.165) is 102 Å². The second-order valence-electron chi connectivity index (χ2n) is 28.7. The summed E-state index contributed by atoms with van der Waals surface area (Å²) in [5, 5.41) is 10.6. The van der Waals surface area contributed by atoms with Gasteiger partial charge in [-0.3, -0.25) is 37.3 Å². The van der Waals surface area contributed by atoms with E-state index in [-0.39, 0.29) is 25.7 Å². The first-order valence-electron chi connectivity index (χ1n) is 40.0. The minimum absolute atomic E-state index is 0.105. The molecule has 570 valence electrons. The Bertz CT molecular complexity index is 1860. The van der Waals surface area contributed by atoms with Gasteiger partial charge in [-0.2, -0.15) is 0 Å². The Morgan fingerprint density at radius 1 is 0.281 bits per heavy atom. The summed E-state index contributed by atoms with van der Waals surface area (Å²) in [4.78, 5) is 72.8. The number of aliphatic hydroxyl groups is 1. The first kappa shape index (κ1) is 94.1. The van der Waals surface area contributed by atoms with Gasteiger partial charge in [0, 0.05) is 25.7 Å². The number of esters is 4. The average Bonchev–Trinajstić information content (AvgIpc) is 1.23. The molecule has 0 aromatic heterocycles. The second kappa shape index (κ2) is 68.8. The van der Waals surface area contributed by atoms with Crippen LogP contribution in [0.3, 0.4) is 0 Å². The molecular formula is C77H150O17P2. The molecule has 0 bridgehead atoms. The van der Waals surface area contributed by atoms with Crippen molar-refractivity contribution in [3.05, 3.63) is 0 Å². The van der Waals surface area contributed by atoms with E-state index in [9.17, 15) is 43.2 Å². The smallest absolute Gasteiger partial charge is 0.462 e. The molecule has 0 aromatic carbocycles. The van der Waals surface area contributed by atoms with Crippen LogP contribution >= 0.6 is 15.6 Å². The Hall–Kier alpha value is -1.94. The molecule has 17 nitrogen and oxygen atoms in total. The minimum atomic E-state index is -4.96. The number of ether oxygens (including phenoxy) is 4. The molecule has 0 aliphatic rings. The third-order valence-corrected chi connectivity index (χ3v) is 19.9. The number of phosphoric acid groups is 2. The summed E-state index contributed by atoms with van der Waals surface area (Å²) in [7, 11) is -9.91. The second-order valence-corrected chi connectivity index (χ2v) is 31.6. The summed E-state index contributed by atoms with van der Waals surface area (Å²) in [5.41, 5.74) is 0. The Balaban J connectivity index is 5.22. The fourth-order valence-electron chi connectivity index (χ4n) is 11.8. The van der Waals surface area contributed by atoms with E-state index in [2.05, 4.69) is 41.5 Å². The molecule has 96 heavy (non-hydrogen) atoms. The highest BCUT2D eigenvalue weighted by molar-refractivity contribution is 7.47. The van der Waals surface area contributed by atoms with E-state index in [1.54, 1.807) is 0 Å². The van der Waals surface area contributed by atoms with Crippen molar-refractivity contribution < 1.29 is 80.2 Å². The van der Waals surface area contributed by atoms with E-state index in [0.29, 0.717) is 31.6 Å². The van der Waals surface area contributed by atoms with E-state index in [1.165, 1.54) is 212 Å². The predicted octanol–water partition coefficient (Wildman–Crippen LogP) is 22.7. The topological polar surface area (TPSA) is 237 Å². The number of aliphatic hydroxyl groups excluding tert-OH is 1. The third-order valence-electron chi connectivity index (χ3n) is 18.0. The lowest BCUT2D eigenvalue weighted by molar-refractivity contribution is -0.161. The van der Waals surface area contributed by atoms with Gasteiger partial charge in [-0.25, -0.2) is 9.13 Å². The first-order chi connectivity index (χ1) is 46.4. The summed E-state index contributed by atoms with van der Waals surface area (Å²) in [6, 6.07) is 0. The SMILES string of the molecule is CCCCCCCCCCCCCCCCCCCCCC(=O)O[C@H](COC(=O)CCCCCCCCCCCCCCCCC)COP(=O)(O)OC[C@@H](O)COP(=O)(O)OC[C@@H](COC(=O)CCCCCCCCC(C)C)OC(=O)CCCCCCCCCCCCC(C)C. The maximum absolute atomic E-state index is 13.1. The van der Waals surface area contributed by atoms with Crippen molar-refractivity contribution in [1.29, 1.82) is 0 Å². The molecule has 3 N–H and O–H groups in total. The maximum Gasteiger partial charge on any atom is 0.472 e. The van der Waals surface area contributed by atoms with Crippen LogP contribution in [0.5, 0.6) is 0 Å². The van der Waals surface area contributed by atoms with Crippen LogP contribution in [0.1, 0.15) is 401 Å². The van der Waals surface area contributed by atoms with Gasteiger partial charge in [0.1, 0.15) is 19.3 Å². The highest BCUT2D eigenvalue weighted by Crippen LogP contribution is 2.45. The summed E-state index contributed by atoms with van der Waals surface area (Å²) >= 11 is 0. The Kier molecular flexibility index (Phi) is 67.4. The van der Waals surface area contributed by atoms with Crippen molar-refractivity contribution in [3.8, 4) is 0 Å². The van der Waals surface area contributed by atoms with Gasteiger partial charge in [-0.15, -0.1) is 0 Å². The van der Waals surface area contributed by atoms with Crippen LogP contribution in [0.2, 0.25) is 0 Å². The van der Waals surface area contributed by atoms with E-state index < -0.39 is 97.5 Å². The molecule has 0 fully saturated rings. The zero-order valence-corrected chi connectivity index (χ0v) is 64.5. The molecule has 0 amide bonds. The largest absolute Gasteiger partial charge is 0.472 e. The number of phosphoric ester groups is 2. The van der Waals surface area contributed by atoms with Crippen molar-refractivity contribution in [2.45, 2.75) is 419 Å². The lowest BCUT2D eigenvalue weighted by Gasteiger charge is -2.21. The van der Waals surface area contributed by atoms with Crippen molar-refractivity contribution in [3.63, 3.8) is 0 Å². The molecule has 0 aromatic rings. The summed E-state index contributed by atoms with van der Waals surface area (Å²) in [6.45, 7) is 9.51. The van der Waals surface area contributed by atoms with Gasteiger partial charge in [0.05, 0.1) is 26.4 Å².